The fraction of sp³-hybridized carbons (Fsp3) is 0.0588. The fourth-order valence-electron chi connectivity index (χ4n) is 2.57. The average molecular weight is 303 g/mol. The monoisotopic (exact) mass is 303 g/mol. The first kappa shape index (κ1) is 13.4. The molecule has 3 aromatic heterocycles. The van der Waals surface area contributed by atoms with Crippen LogP contribution >= 0.6 is 0 Å². The van der Waals surface area contributed by atoms with Crippen molar-refractivity contribution in [2.24, 2.45) is 0 Å². The van der Waals surface area contributed by atoms with Gasteiger partial charge in [-0.15, -0.1) is 0 Å². The van der Waals surface area contributed by atoms with E-state index in [1.807, 2.05) is 43.3 Å². The zero-order valence-electron chi connectivity index (χ0n) is 12.4. The zero-order chi connectivity index (χ0) is 15.8. The van der Waals surface area contributed by atoms with Crippen molar-refractivity contribution < 1.29 is 4.79 Å². The van der Waals surface area contributed by atoms with Gasteiger partial charge in [0.2, 0.25) is 0 Å². The molecule has 4 aromatic rings. The predicted octanol–water partition coefficient (Wildman–Crippen LogP) is 2.84. The molecule has 0 aliphatic carbocycles. The van der Waals surface area contributed by atoms with Crippen molar-refractivity contribution in [3.63, 3.8) is 0 Å². The third kappa shape index (κ3) is 2.30. The molecule has 6 nitrogen and oxygen atoms in total. The van der Waals surface area contributed by atoms with Crippen LogP contribution in [-0.2, 0) is 0 Å². The number of hydrogen-bond acceptors (Lipinski definition) is 4. The summed E-state index contributed by atoms with van der Waals surface area (Å²) in [6.07, 6.45) is 3.31. The lowest BCUT2D eigenvalue weighted by molar-refractivity contribution is 0.102. The van der Waals surface area contributed by atoms with Crippen LogP contribution in [0.3, 0.4) is 0 Å². The number of aromatic nitrogens is 4. The third-order valence-electron chi connectivity index (χ3n) is 3.59. The number of hydrogen-bond donors (Lipinski definition) is 1. The number of nitrogens with one attached hydrogen (secondary N) is 1. The summed E-state index contributed by atoms with van der Waals surface area (Å²) >= 11 is 0. The number of rotatable bonds is 2. The van der Waals surface area contributed by atoms with Gasteiger partial charge in [-0.3, -0.25) is 9.78 Å². The molecule has 6 heteroatoms. The minimum atomic E-state index is -0.251. The van der Waals surface area contributed by atoms with E-state index in [0.29, 0.717) is 17.0 Å². The highest BCUT2D eigenvalue weighted by atomic mass is 16.2. The van der Waals surface area contributed by atoms with E-state index in [4.69, 9.17) is 0 Å². The first-order valence-electron chi connectivity index (χ1n) is 7.19. The highest BCUT2D eigenvalue weighted by Gasteiger charge is 2.14. The molecule has 0 aliphatic rings. The Morgan fingerprint density at radius 2 is 1.96 bits per heavy atom. The Morgan fingerprint density at radius 1 is 1.09 bits per heavy atom. The minimum absolute atomic E-state index is 0.251. The quantitative estimate of drug-likeness (QED) is 0.618. The normalized spacial score (nSPS) is 11.0. The van der Waals surface area contributed by atoms with Gasteiger partial charge in [0.25, 0.3) is 5.91 Å². The van der Waals surface area contributed by atoms with E-state index >= 15 is 0 Å². The lowest BCUT2D eigenvalue weighted by atomic mass is 10.2. The molecule has 0 saturated carbocycles. The van der Waals surface area contributed by atoms with Gasteiger partial charge in [0.05, 0.1) is 16.9 Å². The SMILES string of the molecule is Cc1cc2nccc(C(=O)Nc3cccc4cccnc34)n2n1. The van der Waals surface area contributed by atoms with E-state index in [2.05, 4.69) is 20.4 Å². The summed E-state index contributed by atoms with van der Waals surface area (Å²) in [5.41, 5.74) is 3.30. The second-order valence-electron chi connectivity index (χ2n) is 5.22. The van der Waals surface area contributed by atoms with Crippen LogP contribution in [0.4, 0.5) is 5.69 Å². The molecule has 0 atom stereocenters. The summed E-state index contributed by atoms with van der Waals surface area (Å²) < 4.78 is 1.54. The zero-order valence-corrected chi connectivity index (χ0v) is 12.4. The maximum Gasteiger partial charge on any atom is 0.274 e. The van der Waals surface area contributed by atoms with Gasteiger partial charge >= 0.3 is 0 Å². The number of carbonyl (C=O) groups excluding carboxylic acids is 1. The van der Waals surface area contributed by atoms with Crippen molar-refractivity contribution in [2.45, 2.75) is 6.92 Å². The lowest BCUT2D eigenvalue weighted by Gasteiger charge is -2.08. The first-order valence-corrected chi connectivity index (χ1v) is 7.19. The number of fused-ring (bicyclic) bond motifs is 2. The molecule has 23 heavy (non-hydrogen) atoms. The van der Waals surface area contributed by atoms with Gasteiger partial charge in [-0.25, -0.2) is 9.50 Å². The van der Waals surface area contributed by atoms with Gasteiger partial charge in [0.1, 0.15) is 5.69 Å². The molecular formula is C17H13N5O. The smallest absolute Gasteiger partial charge is 0.274 e. The van der Waals surface area contributed by atoms with Gasteiger partial charge in [-0.05, 0) is 25.1 Å². The topological polar surface area (TPSA) is 72.2 Å². The van der Waals surface area contributed by atoms with Gasteiger partial charge in [-0.1, -0.05) is 18.2 Å². The fourth-order valence-corrected chi connectivity index (χ4v) is 2.57. The van der Waals surface area contributed by atoms with E-state index in [9.17, 15) is 4.79 Å². The molecule has 4 rings (SSSR count). The first-order chi connectivity index (χ1) is 11.2. The Bertz CT molecular complexity index is 1030. The van der Waals surface area contributed by atoms with Gasteiger partial charge in [0.15, 0.2) is 5.65 Å². The summed E-state index contributed by atoms with van der Waals surface area (Å²) in [6.45, 7) is 1.87. The van der Waals surface area contributed by atoms with Crippen LogP contribution in [0.1, 0.15) is 16.2 Å². The van der Waals surface area contributed by atoms with Gasteiger partial charge in [-0.2, -0.15) is 5.10 Å². The highest BCUT2D eigenvalue weighted by molar-refractivity contribution is 6.07. The van der Waals surface area contributed by atoms with Crippen LogP contribution in [0.15, 0.2) is 54.9 Å². The summed E-state index contributed by atoms with van der Waals surface area (Å²) in [7, 11) is 0. The molecule has 0 radical (unpaired) electrons. The van der Waals surface area contributed by atoms with Crippen LogP contribution in [0.2, 0.25) is 0 Å². The van der Waals surface area contributed by atoms with Crippen molar-refractivity contribution in [1.82, 2.24) is 19.6 Å². The second-order valence-corrected chi connectivity index (χ2v) is 5.22. The van der Waals surface area contributed by atoms with Gasteiger partial charge < -0.3 is 5.32 Å². The Kier molecular flexibility index (Phi) is 3.01. The molecule has 0 unspecified atom stereocenters. The van der Waals surface area contributed by atoms with E-state index in [1.165, 1.54) is 0 Å². The van der Waals surface area contributed by atoms with E-state index in [-0.39, 0.29) is 5.91 Å². The second kappa shape index (κ2) is 5.17. The van der Waals surface area contributed by atoms with Crippen molar-refractivity contribution >= 4 is 28.1 Å². The number of pyridine rings is 1. The molecule has 112 valence electrons. The lowest BCUT2D eigenvalue weighted by Crippen LogP contribution is -2.17. The summed E-state index contributed by atoms with van der Waals surface area (Å²) in [5.74, 6) is -0.251. The molecule has 0 fully saturated rings. The van der Waals surface area contributed by atoms with Crippen LogP contribution in [0.25, 0.3) is 16.6 Å². The molecule has 0 spiro atoms. The standard InChI is InChI=1S/C17H13N5O/c1-11-10-15-18-9-7-14(22(15)21-11)17(23)20-13-6-2-4-12-5-3-8-19-16(12)13/h2-10H,1H3,(H,20,23). The summed E-state index contributed by atoms with van der Waals surface area (Å²) in [5, 5.41) is 8.20. The highest BCUT2D eigenvalue weighted by Crippen LogP contribution is 2.21. The molecule has 1 N–H and O–H groups in total. The number of aryl methyl sites for hydroxylation is 1. The largest absolute Gasteiger partial charge is 0.319 e. The number of carbonyl (C=O) groups is 1. The molecule has 1 amide bonds. The van der Waals surface area contributed by atoms with Crippen molar-refractivity contribution in [2.75, 3.05) is 5.32 Å². The minimum Gasteiger partial charge on any atom is -0.319 e. The maximum atomic E-state index is 12.7. The Labute approximate surface area is 131 Å². The van der Waals surface area contributed by atoms with Crippen molar-refractivity contribution in [3.8, 4) is 0 Å². The maximum absolute atomic E-state index is 12.7. The number of para-hydroxylation sites is 1. The van der Waals surface area contributed by atoms with Crippen molar-refractivity contribution in [3.05, 3.63) is 66.2 Å². The number of nitrogens with zero attached hydrogens (tertiary/aromatic N) is 4. The van der Waals surface area contributed by atoms with E-state index < -0.39 is 0 Å². The third-order valence-corrected chi connectivity index (χ3v) is 3.59. The van der Waals surface area contributed by atoms with Crippen molar-refractivity contribution in [1.29, 1.82) is 0 Å². The molecule has 0 saturated heterocycles. The number of anilines is 1. The van der Waals surface area contributed by atoms with Crippen LogP contribution in [0, 0.1) is 6.92 Å². The molecule has 0 aliphatic heterocycles. The molecule has 3 heterocycles. The summed E-state index contributed by atoms with van der Waals surface area (Å²) in [6, 6.07) is 13.0. The molecular weight excluding hydrogens is 290 g/mol. The Morgan fingerprint density at radius 3 is 2.87 bits per heavy atom. The number of benzene rings is 1. The van der Waals surface area contributed by atoms with Crippen LogP contribution < -0.4 is 5.32 Å². The Balaban J connectivity index is 1.77. The van der Waals surface area contributed by atoms with E-state index in [0.717, 1.165) is 16.6 Å². The molecule has 1 aromatic carbocycles. The Hall–Kier alpha value is -3.28. The number of amides is 1. The molecule has 0 bridgehead atoms. The average Bonchev–Trinajstić information content (AvgIpc) is 2.95. The van der Waals surface area contributed by atoms with Crippen LogP contribution in [-0.4, -0.2) is 25.5 Å². The predicted molar refractivity (Wildman–Crippen MR) is 87.4 cm³/mol. The van der Waals surface area contributed by atoms with Gasteiger partial charge in [0, 0.05) is 23.8 Å². The van der Waals surface area contributed by atoms with Crippen LogP contribution in [0.5, 0.6) is 0 Å². The van der Waals surface area contributed by atoms with E-state index in [1.54, 1.807) is 23.0 Å². The summed E-state index contributed by atoms with van der Waals surface area (Å²) in [4.78, 5) is 21.2.